The smallest absolute Gasteiger partial charge is 0.159 e. The highest BCUT2D eigenvalue weighted by Crippen LogP contribution is 2.32. The van der Waals surface area contributed by atoms with Gasteiger partial charge in [-0.25, -0.2) is 8.42 Å². The Bertz CT molecular complexity index is 948. The summed E-state index contributed by atoms with van der Waals surface area (Å²) >= 11 is 6.70. The number of aromatic nitrogens is 1. The van der Waals surface area contributed by atoms with Crippen LogP contribution in [0.1, 0.15) is 45.1 Å². The summed E-state index contributed by atoms with van der Waals surface area (Å²) in [6, 6.07) is 6.03. The molecule has 1 aliphatic carbocycles. The van der Waals surface area contributed by atoms with Crippen molar-refractivity contribution < 1.29 is 13.2 Å². The summed E-state index contributed by atoms with van der Waals surface area (Å²) in [7, 11) is -3.00. The molecule has 2 aromatic rings. The van der Waals surface area contributed by atoms with Crippen LogP contribution >= 0.6 is 23.6 Å². The number of hydrogen-bond donors (Lipinski definition) is 1. The second kappa shape index (κ2) is 7.90. The van der Waals surface area contributed by atoms with Crippen LogP contribution in [-0.4, -0.2) is 30.2 Å². The molecule has 0 unspecified atom stereocenters. The SMILES string of the molecule is CC(C)S(=O)(=O)CC1CCC(C(=O)Cc2ccc3sc(=S)[nH]c3c2)CC1. The number of Topliss-reactive ketones (excluding diaryl/α,β-unsaturated/α-hetero) is 1. The first kappa shape index (κ1) is 19.7. The molecule has 1 fully saturated rings. The van der Waals surface area contributed by atoms with Crippen molar-refractivity contribution in [3.63, 3.8) is 0 Å². The van der Waals surface area contributed by atoms with Crippen LogP contribution in [0.15, 0.2) is 18.2 Å². The lowest BCUT2D eigenvalue weighted by molar-refractivity contribution is -0.123. The molecule has 4 nitrogen and oxygen atoms in total. The number of sulfone groups is 1. The van der Waals surface area contributed by atoms with Crippen LogP contribution < -0.4 is 0 Å². The zero-order valence-electron chi connectivity index (χ0n) is 15.2. The average Bonchev–Trinajstić information content (AvgIpc) is 2.94. The van der Waals surface area contributed by atoms with Crippen molar-refractivity contribution >= 4 is 49.4 Å². The van der Waals surface area contributed by atoms with E-state index < -0.39 is 9.84 Å². The molecule has 0 atom stereocenters. The van der Waals surface area contributed by atoms with Gasteiger partial charge in [-0.15, -0.1) is 11.3 Å². The molecule has 0 aliphatic heterocycles. The van der Waals surface area contributed by atoms with E-state index in [4.69, 9.17) is 12.2 Å². The fraction of sp³-hybridized carbons (Fsp3) is 0.579. The second-order valence-electron chi connectivity index (χ2n) is 7.58. The van der Waals surface area contributed by atoms with Gasteiger partial charge in [0, 0.05) is 12.3 Å². The van der Waals surface area contributed by atoms with Crippen LogP contribution in [0.3, 0.4) is 0 Å². The van der Waals surface area contributed by atoms with Crippen molar-refractivity contribution in [3.8, 4) is 0 Å². The maximum atomic E-state index is 12.7. The minimum Gasteiger partial charge on any atom is -0.337 e. The third-order valence-corrected chi connectivity index (χ3v) is 8.94. The number of carbonyl (C=O) groups excluding carboxylic acids is 1. The zero-order chi connectivity index (χ0) is 18.9. The number of rotatable bonds is 6. The molecule has 26 heavy (non-hydrogen) atoms. The predicted octanol–water partition coefficient (Wildman–Crippen LogP) is 4.70. The highest BCUT2D eigenvalue weighted by Gasteiger charge is 2.29. The summed E-state index contributed by atoms with van der Waals surface area (Å²) in [6.45, 7) is 3.47. The van der Waals surface area contributed by atoms with Crippen molar-refractivity contribution in [1.29, 1.82) is 0 Å². The van der Waals surface area contributed by atoms with Gasteiger partial charge in [-0.05, 0) is 75.4 Å². The fourth-order valence-corrected chi connectivity index (χ4v) is 6.10. The summed E-state index contributed by atoms with van der Waals surface area (Å²) in [5.41, 5.74) is 2.00. The number of nitrogens with one attached hydrogen (secondary N) is 1. The number of benzene rings is 1. The maximum absolute atomic E-state index is 12.7. The van der Waals surface area contributed by atoms with E-state index in [0.717, 1.165) is 45.4 Å². The molecule has 1 aromatic carbocycles. The van der Waals surface area contributed by atoms with E-state index in [9.17, 15) is 13.2 Å². The molecule has 1 aliphatic rings. The Morgan fingerprint density at radius 1 is 1.27 bits per heavy atom. The van der Waals surface area contributed by atoms with Crippen molar-refractivity contribution in [2.45, 2.75) is 51.2 Å². The molecule has 142 valence electrons. The largest absolute Gasteiger partial charge is 0.337 e. The van der Waals surface area contributed by atoms with Crippen LogP contribution in [0, 0.1) is 15.8 Å². The predicted molar refractivity (Wildman–Crippen MR) is 110 cm³/mol. The van der Waals surface area contributed by atoms with E-state index >= 15 is 0 Å². The fourth-order valence-electron chi connectivity index (χ4n) is 3.63. The molecule has 3 rings (SSSR count). The number of fused-ring (bicyclic) bond motifs is 1. The first-order chi connectivity index (χ1) is 12.2. The van der Waals surface area contributed by atoms with Gasteiger partial charge in [0.25, 0.3) is 0 Å². The molecular weight excluding hydrogens is 386 g/mol. The van der Waals surface area contributed by atoms with Crippen LogP contribution in [0.4, 0.5) is 0 Å². The van der Waals surface area contributed by atoms with Gasteiger partial charge in [0.15, 0.2) is 13.8 Å². The van der Waals surface area contributed by atoms with Crippen molar-refractivity contribution in [2.24, 2.45) is 11.8 Å². The Morgan fingerprint density at radius 3 is 2.62 bits per heavy atom. The van der Waals surface area contributed by atoms with Crippen molar-refractivity contribution in [2.75, 3.05) is 5.75 Å². The molecule has 0 saturated heterocycles. The molecule has 0 bridgehead atoms. The molecular formula is C19H25NO3S3. The maximum Gasteiger partial charge on any atom is 0.159 e. The first-order valence-electron chi connectivity index (χ1n) is 9.10. The van der Waals surface area contributed by atoms with Gasteiger partial charge in [-0.2, -0.15) is 0 Å². The molecule has 0 spiro atoms. The second-order valence-corrected chi connectivity index (χ2v) is 11.9. The lowest BCUT2D eigenvalue weighted by atomic mass is 9.79. The molecule has 1 saturated carbocycles. The van der Waals surface area contributed by atoms with Crippen molar-refractivity contribution in [3.05, 3.63) is 27.7 Å². The Morgan fingerprint density at radius 2 is 1.96 bits per heavy atom. The van der Waals surface area contributed by atoms with Gasteiger partial charge in [0.05, 0.1) is 21.2 Å². The number of aromatic amines is 1. The van der Waals surface area contributed by atoms with Gasteiger partial charge < -0.3 is 4.98 Å². The summed E-state index contributed by atoms with van der Waals surface area (Å²) in [4.78, 5) is 15.8. The molecule has 0 amide bonds. The highest BCUT2D eigenvalue weighted by molar-refractivity contribution is 7.91. The quantitative estimate of drug-likeness (QED) is 0.700. The Kier molecular flexibility index (Phi) is 5.99. The Labute approximate surface area is 163 Å². The third-order valence-electron chi connectivity index (χ3n) is 5.35. The normalized spacial score (nSPS) is 21.3. The third kappa shape index (κ3) is 4.61. The lowest BCUT2D eigenvalue weighted by Gasteiger charge is -2.28. The van der Waals surface area contributed by atoms with Crippen LogP contribution in [0.2, 0.25) is 0 Å². The summed E-state index contributed by atoms with van der Waals surface area (Å²) in [6.07, 6.45) is 3.71. The van der Waals surface area contributed by atoms with Gasteiger partial charge in [0.1, 0.15) is 5.78 Å². The first-order valence-corrected chi connectivity index (χ1v) is 12.0. The zero-order valence-corrected chi connectivity index (χ0v) is 17.6. The summed E-state index contributed by atoms with van der Waals surface area (Å²) in [5, 5.41) is -0.318. The lowest BCUT2D eigenvalue weighted by Crippen LogP contribution is -2.29. The van der Waals surface area contributed by atoms with Crippen LogP contribution in [0.5, 0.6) is 0 Å². The number of thiazole rings is 1. The number of H-pyrrole nitrogens is 1. The molecule has 7 heteroatoms. The van der Waals surface area contributed by atoms with E-state index in [-0.39, 0.29) is 28.6 Å². The number of ketones is 1. The van der Waals surface area contributed by atoms with Gasteiger partial charge in [0.2, 0.25) is 0 Å². The Balaban J connectivity index is 1.57. The standard InChI is InChI=1S/C19H25NO3S3/c1-12(2)26(22,23)11-13-3-6-15(7-4-13)17(21)10-14-5-8-18-16(9-14)20-19(24)25-18/h5,8-9,12-13,15H,3-4,6-7,10-11H2,1-2H3,(H,20,24). The topological polar surface area (TPSA) is 67.0 Å². The van der Waals surface area contributed by atoms with Gasteiger partial charge in [-0.3, -0.25) is 4.79 Å². The van der Waals surface area contributed by atoms with Crippen LogP contribution in [-0.2, 0) is 21.1 Å². The molecule has 1 heterocycles. The minimum atomic E-state index is -3.00. The Hall–Kier alpha value is -1.05. The number of hydrogen-bond acceptors (Lipinski definition) is 5. The highest BCUT2D eigenvalue weighted by atomic mass is 32.2. The average molecular weight is 412 g/mol. The summed E-state index contributed by atoms with van der Waals surface area (Å²) < 4.78 is 26.0. The van der Waals surface area contributed by atoms with Crippen LogP contribution in [0.25, 0.3) is 10.2 Å². The molecule has 1 N–H and O–H groups in total. The molecule has 0 radical (unpaired) electrons. The van der Waals surface area contributed by atoms with E-state index in [1.807, 2.05) is 18.2 Å². The van der Waals surface area contributed by atoms with Gasteiger partial charge >= 0.3 is 0 Å². The minimum absolute atomic E-state index is 0.0599. The van der Waals surface area contributed by atoms with E-state index in [1.165, 1.54) is 11.3 Å². The van der Waals surface area contributed by atoms with E-state index in [0.29, 0.717) is 6.42 Å². The van der Waals surface area contributed by atoms with Crippen molar-refractivity contribution in [1.82, 2.24) is 4.98 Å². The monoisotopic (exact) mass is 411 g/mol. The summed E-state index contributed by atoms with van der Waals surface area (Å²) in [5.74, 6) is 0.793. The van der Waals surface area contributed by atoms with Gasteiger partial charge in [-0.1, -0.05) is 6.07 Å². The molecule has 1 aromatic heterocycles. The number of carbonyl (C=O) groups is 1. The van der Waals surface area contributed by atoms with E-state index in [1.54, 1.807) is 13.8 Å². The van der Waals surface area contributed by atoms with E-state index in [2.05, 4.69) is 4.98 Å².